The number of aromatic nitrogens is 1. The second-order valence-corrected chi connectivity index (χ2v) is 4.73. The van der Waals surface area contributed by atoms with Gasteiger partial charge in [-0.25, -0.2) is 9.78 Å². The first-order valence-corrected chi connectivity index (χ1v) is 6.69. The van der Waals surface area contributed by atoms with Crippen molar-refractivity contribution in [2.24, 2.45) is 0 Å². The molecule has 0 atom stereocenters. The monoisotopic (exact) mass is 290 g/mol. The molecule has 0 saturated carbocycles. The number of halogens is 1. The highest BCUT2D eigenvalue weighted by Crippen LogP contribution is 2.16. The first-order chi connectivity index (χ1) is 9.60. The zero-order chi connectivity index (χ0) is 14.5. The SMILES string of the molecule is CCc1ccccc1CNc1cc(C(=O)O)cc(Cl)n1. The molecular weight excluding hydrogens is 276 g/mol. The Morgan fingerprint density at radius 2 is 2.00 bits per heavy atom. The minimum atomic E-state index is -1.02. The molecule has 1 aromatic carbocycles. The van der Waals surface area contributed by atoms with Crippen molar-refractivity contribution in [3.8, 4) is 0 Å². The fraction of sp³-hybridized carbons (Fsp3) is 0.200. The van der Waals surface area contributed by atoms with E-state index in [-0.39, 0.29) is 10.7 Å². The maximum absolute atomic E-state index is 11.0. The van der Waals surface area contributed by atoms with Crippen LogP contribution in [0.5, 0.6) is 0 Å². The molecular formula is C15H15ClN2O2. The summed E-state index contributed by atoms with van der Waals surface area (Å²) in [4.78, 5) is 15.0. The molecule has 0 aliphatic rings. The lowest BCUT2D eigenvalue weighted by atomic mass is 10.1. The van der Waals surface area contributed by atoms with Crippen LogP contribution in [0.2, 0.25) is 5.15 Å². The number of carbonyl (C=O) groups is 1. The summed E-state index contributed by atoms with van der Waals surface area (Å²) in [6, 6.07) is 10.9. The number of hydrogen-bond acceptors (Lipinski definition) is 3. The number of aromatic carboxylic acids is 1. The van der Waals surface area contributed by atoms with Crippen molar-refractivity contribution < 1.29 is 9.90 Å². The van der Waals surface area contributed by atoms with Gasteiger partial charge < -0.3 is 10.4 Å². The summed E-state index contributed by atoms with van der Waals surface area (Å²) < 4.78 is 0. The van der Waals surface area contributed by atoms with Crippen LogP contribution in [0.25, 0.3) is 0 Å². The molecule has 4 nitrogen and oxygen atoms in total. The third kappa shape index (κ3) is 3.48. The minimum absolute atomic E-state index is 0.122. The minimum Gasteiger partial charge on any atom is -0.478 e. The van der Waals surface area contributed by atoms with E-state index in [0.29, 0.717) is 12.4 Å². The number of anilines is 1. The Kier molecular flexibility index (Phi) is 4.58. The largest absolute Gasteiger partial charge is 0.478 e. The van der Waals surface area contributed by atoms with Crippen molar-refractivity contribution >= 4 is 23.4 Å². The molecule has 0 bridgehead atoms. The molecule has 0 radical (unpaired) electrons. The van der Waals surface area contributed by atoms with Gasteiger partial charge in [0.1, 0.15) is 11.0 Å². The van der Waals surface area contributed by atoms with Crippen molar-refractivity contribution in [3.05, 3.63) is 58.2 Å². The zero-order valence-corrected chi connectivity index (χ0v) is 11.8. The van der Waals surface area contributed by atoms with Gasteiger partial charge in [0.15, 0.2) is 0 Å². The number of pyridine rings is 1. The third-order valence-corrected chi connectivity index (χ3v) is 3.19. The Bertz CT molecular complexity index is 629. The van der Waals surface area contributed by atoms with Gasteiger partial charge in [-0.1, -0.05) is 42.8 Å². The van der Waals surface area contributed by atoms with Crippen LogP contribution in [-0.4, -0.2) is 16.1 Å². The van der Waals surface area contributed by atoms with Gasteiger partial charge in [-0.15, -0.1) is 0 Å². The number of nitrogens with one attached hydrogen (secondary N) is 1. The number of rotatable bonds is 5. The van der Waals surface area contributed by atoms with Crippen LogP contribution in [0.15, 0.2) is 36.4 Å². The average molecular weight is 291 g/mol. The van der Waals surface area contributed by atoms with E-state index in [1.807, 2.05) is 18.2 Å². The molecule has 5 heteroatoms. The lowest BCUT2D eigenvalue weighted by Crippen LogP contribution is -2.06. The average Bonchev–Trinajstić information content (AvgIpc) is 2.44. The zero-order valence-electron chi connectivity index (χ0n) is 11.1. The standard InChI is InChI=1S/C15H15ClN2O2/c1-2-10-5-3-4-6-11(10)9-17-14-8-12(15(19)20)7-13(16)18-14/h3-8H,2,9H2,1H3,(H,17,18)(H,19,20). The lowest BCUT2D eigenvalue weighted by Gasteiger charge is -2.10. The third-order valence-electron chi connectivity index (χ3n) is 3.00. The van der Waals surface area contributed by atoms with Crippen LogP contribution < -0.4 is 5.32 Å². The van der Waals surface area contributed by atoms with Gasteiger partial charge in [-0.2, -0.15) is 0 Å². The van der Waals surface area contributed by atoms with Crippen LogP contribution in [0.3, 0.4) is 0 Å². The predicted molar refractivity (Wildman–Crippen MR) is 79.4 cm³/mol. The summed E-state index contributed by atoms with van der Waals surface area (Å²) in [5, 5.41) is 12.3. The van der Waals surface area contributed by atoms with Crippen molar-refractivity contribution in [1.29, 1.82) is 0 Å². The Hall–Kier alpha value is -2.07. The maximum atomic E-state index is 11.0. The summed E-state index contributed by atoms with van der Waals surface area (Å²) in [6.07, 6.45) is 0.946. The Morgan fingerprint density at radius 3 is 2.65 bits per heavy atom. The quantitative estimate of drug-likeness (QED) is 0.826. The highest BCUT2D eigenvalue weighted by Gasteiger charge is 2.08. The number of carboxylic acids is 1. The van der Waals surface area contributed by atoms with Gasteiger partial charge in [0.05, 0.1) is 5.56 Å². The molecule has 0 fully saturated rings. The van der Waals surface area contributed by atoms with Crippen LogP contribution in [-0.2, 0) is 13.0 Å². The highest BCUT2D eigenvalue weighted by atomic mass is 35.5. The summed E-state index contributed by atoms with van der Waals surface area (Å²) >= 11 is 5.82. The maximum Gasteiger partial charge on any atom is 0.335 e. The molecule has 0 saturated heterocycles. The number of nitrogens with zero attached hydrogens (tertiary/aromatic N) is 1. The van der Waals surface area contributed by atoms with E-state index >= 15 is 0 Å². The fourth-order valence-corrected chi connectivity index (χ4v) is 2.18. The molecule has 0 spiro atoms. The van der Waals surface area contributed by atoms with E-state index in [4.69, 9.17) is 16.7 Å². The fourth-order valence-electron chi connectivity index (χ4n) is 1.97. The van der Waals surface area contributed by atoms with Crippen LogP contribution >= 0.6 is 11.6 Å². The van der Waals surface area contributed by atoms with Gasteiger partial charge in [0.2, 0.25) is 0 Å². The van der Waals surface area contributed by atoms with E-state index in [0.717, 1.165) is 12.0 Å². The molecule has 104 valence electrons. The summed E-state index contributed by atoms with van der Waals surface area (Å²) in [5.74, 6) is -0.563. The Morgan fingerprint density at radius 1 is 1.30 bits per heavy atom. The van der Waals surface area contributed by atoms with Crippen molar-refractivity contribution in [2.75, 3.05) is 5.32 Å². The first kappa shape index (κ1) is 14.3. The van der Waals surface area contributed by atoms with Gasteiger partial charge in [-0.3, -0.25) is 0 Å². The molecule has 1 heterocycles. The molecule has 2 aromatic rings. The van der Waals surface area contributed by atoms with E-state index in [9.17, 15) is 4.79 Å². The van der Waals surface area contributed by atoms with Gasteiger partial charge in [0.25, 0.3) is 0 Å². The van der Waals surface area contributed by atoms with Crippen LogP contribution in [0.1, 0.15) is 28.4 Å². The Balaban J connectivity index is 2.16. The molecule has 0 aliphatic carbocycles. The van der Waals surface area contributed by atoms with E-state index in [1.165, 1.54) is 17.7 Å². The first-order valence-electron chi connectivity index (χ1n) is 6.31. The van der Waals surface area contributed by atoms with E-state index in [1.54, 1.807) is 0 Å². The Labute approximate surface area is 122 Å². The van der Waals surface area contributed by atoms with Crippen molar-refractivity contribution in [1.82, 2.24) is 4.98 Å². The molecule has 0 unspecified atom stereocenters. The molecule has 2 N–H and O–H groups in total. The second kappa shape index (κ2) is 6.39. The summed E-state index contributed by atoms with van der Waals surface area (Å²) in [6.45, 7) is 2.68. The van der Waals surface area contributed by atoms with Gasteiger partial charge in [0, 0.05) is 6.54 Å². The van der Waals surface area contributed by atoms with Crippen molar-refractivity contribution in [3.63, 3.8) is 0 Å². The molecule has 0 amide bonds. The second-order valence-electron chi connectivity index (χ2n) is 4.34. The summed E-state index contributed by atoms with van der Waals surface area (Å²) in [7, 11) is 0. The topological polar surface area (TPSA) is 62.2 Å². The number of carboxylic acid groups (broad SMARTS) is 1. The van der Waals surface area contributed by atoms with E-state index < -0.39 is 5.97 Å². The van der Waals surface area contributed by atoms with Crippen LogP contribution in [0.4, 0.5) is 5.82 Å². The van der Waals surface area contributed by atoms with Crippen LogP contribution in [0, 0.1) is 0 Å². The predicted octanol–water partition coefficient (Wildman–Crippen LogP) is 3.61. The molecule has 20 heavy (non-hydrogen) atoms. The molecule has 2 rings (SSSR count). The molecule has 1 aromatic heterocycles. The van der Waals surface area contributed by atoms with Gasteiger partial charge in [-0.05, 0) is 29.7 Å². The van der Waals surface area contributed by atoms with Crippen molar-refractivity contribution in [2.45, 2.75) is 19.9 Å². The number of benzene rings is 1. The smallest absolute Gasteiger partial charge is 0.335 e. The number of hydrogen-bond donors (Lipinski definition) is 2. The lowest BCUT2D eigenvalue weighted by molar-refractivity contribution is 0.0697. The molecule has 0 aliphatic heterocycles. The van der Waals surface area contributed by atoms with Gasteiger partial charge >= 0.3 is 5.97 Å². The number of aryl methyl sites for hydroxylation is 1. The normalized spacial score (nSPS) is 10.3. The summed E-state index contributed by atoms with van der Waals surface area (Å²) in [5.41, 5.74) is 2.53. The van der Waals surface area contributed by atoms with E-state index in [2.05, 4.69) is 23.3 Å². The highest BCUT2D eigenvalue weighted by molar-refractivity contribution is 6.29.